The van der Waals surface area contributed by atoms with Gasteiger partial charge in [0.2, 0.25) is 5.89 Å². The monoisotopic (exact) mass is 296 g/mol. The minimum Gasteiger partial charge on any atom is -0.478 e. The first-order valence-electron chi connectivity index (χ1n) is 6.10. The number of hydrogen-bond donors (Lipinski definition) is 3. The van der Waals surface area contributed by atoms with Crippen LogP contribution in [-0.4, -0.2) is 39.7 Å². The number of imide groups is 1. The van der Waals surface area contributed by atoms with E-state index in [4.69, 9.17) is 9.63 Å². The molecule has 0 fully saturated rings. The minimum absolute atomic E-state index is 0.0369. The van der Waals surface area contributed by atoms with E-state index in [1.165, 1.54) is 13.8 Å². The van der Waals surface area contributed by atoms with Crippen LogP contribution >= 0.6 is 0 Å². The fraction of sp³-hybridized carbons (Fsp3) is 0.417. The summed E-state index contributed by atoms with van der Waals surface area (Å²) in [6.07, 6.45) is 0.325. The number of aliphatic carboxylic acids is 1. The maximum atomic E-state index is 11.6. The number of amides is 3. The zero-order valence-electron chi connectivity index (χ0n) is 11.9. The van der Waals surface area contributed by atoms with E-state index in [1.807, 2.05) is 5.32 Å². The molecule has 0 aliphatic rings. The molecule has 0 radical (unpaired) electrons. The third kappa shape index (κ3) is 5.05. The van der Waals surface area contributed by atoms with Gasteiger partial charge in [0.05, 0.1) is 0 Å². The lowest BCUT2D eigenvalue weighted by atomic mass is 10.1. The molecule has 0 bridgehead atoms. The summed E-state index contributed by atoms with van der Waals surface area (Å²) in [5, 5.41) is 16.8. The van der Waals surface area contributed by atoms with Crippen molar-refractivity contribution < 1.29 is 24.0 Å². The van der Waals surface area contributed by atoms with Crippen LogP contribution < -0.4 is 10.6 Å². The number of carbonyl (C=O) groups is 3. The van der Waals surface area contributed by atoms with E-state index >= 15 is 0 Å². The minimum atomic E-state index is -1.21. The molecular weight excluding hydrogens is 280 g/mol. The number of rotatable bonds is 5. The third-order valence-electron chi connectivity index (χ3n) is 2.65. The molecule has 1 heterocycles. The van der Waals surface area contributed by atoms with Crippen LogP contribution in [0.1, 0.15) is 25.6 Å². The summed E-state index contributed by atoms with van der Waals surface area (Å²) in [6.45, 7) is 4.48. The van der Waals surface area contributed by atoms with E-state index in [1.54, 1.807) is 6.92 Å². The van der Waals surface area contributed by atoms with Crippen molar-refractivity contribution in [3.8, 4) is 0 Å². The summed E-state index contributed by atoms with van der Waals surface area (Å²) >= 11 is 0. The second-order valence-electron chi connectivity index (χ2n) is 4.25. The van der Waals surface area contributed by atoms with Crippen molar-refractivity contribution in [1.82, 2.24) is 20.8 Å². The third-order valence-corrected chi connectivity index (χ3v) is 2.65. The maximum absolute atomic E-state index is 11.6. The molecule has 0 aliphatic heterocycles. The van der Waals surface area contributed by atoms with Gasteiger partial charge in [0.25, 0.3) is 5.91 Å². The van der Waals surface area contributed by atoms with Crippen LogP contribution in [0.25, 0.3) is 0 Å². The molecule has 0 atom stereocenters. The Bertz CT molecular complexity index is 590. The van der Waals surface area contributed by atoms with Crippen molar-refractivity contribution in [2.45, 2.75) is 27.2 Å². The van der Waals surface area contributed by atoms with Crippen molar-refractivity contribution in [2.24, 2.45) is 0 Å². The van der Waals surface area contributed by atoms with Gasteiger partial charge in [-0.15, -0.1) is 0 Å². The summed E-state index contributed by atoms with van der Waals surface area (Å²) < 4.78 is 4.85. The zero-order valence-corrected chi connectivity index (χ0v) is 11.9. The normalized spacial score (nSPS) is 11.6. The molecule has 1 aromatic heterocycles. The Hall–Kier alpha value is -2.71. The van der Waals surface area contributed by atoms with Crippen LogP contribution in [0.5, 0.6) is 0 Å². The topological polar surface area (TPSA) is 134 Å². The molecule has 21 heavy (non-hydrogen) atoms. The Kier molecular flexibility index (Phi) is 5.58. The van der Waals surface area contributed by atoms with Gasteiger partial charge in [-0.3, -0.25) is 10.1 Å². The Morgan fingerprint density at radius 1 is 1.24 bits per heavy atom. The second-order valence-corrected chi connectivity index (χ2v) is 4.25. The Labute approximate surface area is 120 Å². The van der Waals surface area contributed by atoms with Crippen molar-refractivity contribution in [3.63, 3.8) is 0 Å². The number of hydrogen-bond acceptors (Lipinski definition) is 6. The predicted octanol–water partition coefficient (Wildman–Crippen LogP) is 0.167. The van der Waals surface area contributed by atoms with E-state index < -0.39 is 17.9 Å². The highest BCUT2D eigenvalue weighted by molar-refractivity contribution is 6.07. The van der Waals surface area contributed by atoms with Crippen molar-refractivity contribution in [2.75, 3.05) is 6.54 Å². The second kappa shape index (κ2) is 7.17. The quantitative estimate of drug-likeness (QED) is 0.659. The summed E-state index contributed by atoms with van der Waals surface area (Å²) in [4.78, 5) is 37.7. The van der Waals surface area contributed by atoms with E-state index in [2.05, 4.69) is 15.5 Å². The van der Waals surface area contributed by atoms with Crippen LogP contribution in [-0.2, 0) is 16.0 Å². The van der Waals surface area contributed by atoms with E-state index in [-0.39, 0.29) is 17.7 Å². The molecule has 3 amide bonds. The number of carbonyl (C=O) groups excluding carboxylic acids is 2. The molecule has 1 aromatic rings. The van der Waals surface area contributed by atoms with Gasteiger partial charge in [-0.05, 0) is 20.8 Å². The Morgan fingerprint density at radius 2 is 1.90 bits per heavy atom. The SMILES string of the molecule is CC(C(=O)O)=C(C)C(=O)NC(=O)NCCc1nc(C)no1. The van der Waals surface area contributed by atoms with Crippen LogP contribution in [0.4, 0.5) is 4.79 Å². The zero-order chi connectivity index (χ0) is 16.0. The molecule has 9 nitrogen and oxygen atoms in total. The first kappa shape index (κ1) is 16.3. The summed E-state index contributed by atoms with van der Waals surface area (Å²) in [5.74, 6) is -1.11. The number of aromatic nitrogens is 2. The summed E-state index contributed by atoms with van der Waals surface area (Å²) in [6, 6.07) is -0.728. The van der Waals surface area contributed by atoms with Crippen LogP contribution in [0, 0.1) is 6.92 Å². The van der Waals surface area contributed by atoms with Crippen molar-refractivity contribution in [3.05, 3.63) is 22.9 Å². The number of carboxylic acid groups (broad SMARTS) is 1. The number of urea groups is 1. The van der Waals surface area contributed by atoms with Crippen molar-refractivity contribution >= 4 is 17.9 Å². The maximum Gasteiger partial charge on any atom is 0.331 e. The molecule has 3 N–H and O–H groups in total. The standard InChI is InChI=1S/C12H16N4O5/c1-6(7(2)11(18)19)10(17)15-12(20)13-5-4-9-14-8(3)16-21-9/h4-5H2,1-3H3,(H,18,19)(H2,13,15,17,20). The van der Waals surface area contributed by atoms with Gasteiger partial charge in [0, 0.05) is 24.1 Å². The van der Waals surface area contributed by atoms with Gasteiger partial charge in [0.15, 0.2) is 5.82 Å². The van der Waals surface area contributed by atoms with Crippen LogP contribution in [0.15, 0.2) is 15.7 Å². The molecular formula is C12H16N4O5. The van der Waals surface area contributed by atoms with E-state index in [9.17, 15) is 14.4 Å². The number of aryl methyl sites for hydroxylation is 1. The predicted molar refractivity (Wildman–Crippen MR) is 70.3 cm³/mol. The lowest BCUT2D eigenvalue weighted by Gasteiger charge is -2.07. The highest BCUT2D eigenvalue weighted by Crippen LogP contribution is 2.03. The fourth-order valence-electron chi connectivity index (χ4n) is 1.30. The highest BCUT2D eigenvalue weighted by atomic mass is 16.5. The Balaban J connectivity index is 2.41. The number of carboxylic acids is 1. The molecule has 0 aliphatic carbocycles. The van der Waals surface area contributed by atoms with Gasteiger partial charge in [-0.1, -0.05) is 5.16 Å². The average molecular weight is 296 g/mol. The van der Waals surface area contributed by atoms with Gasteiger partial charge >= 0.3 is 12.0 Å². The van der Waals surface area contributed by atoms with Gasteiger partial charge in [0.1, 0.15) is 0 Å². The largest absolute Gasteiger partial charge is 0.478 e. The van der Waals surface area contributed by atoms with Crippen LogP contribution in [0.3, 0.4) is 0 Å². The first-order valence-corrected chi connectivity index (χ1v) is 6.10. The van der Waals surface area contributed by atoms with Gasteiger partial charge in [-0.25, -0.2) is 9.59 Å². The van der Waals surface area contributed by atoms with E-state index in [0.29, 0.717) is 18.1 Å². The molecule has 0 saturated carbocycles. The summed E-state index contributed by atoms with van der Waals surface area (Å²) in [7, 11) is 0. The molecule has 1 rings (SSSR count). The smallest absolute Gasteiger partial charge is 0.331 e. The first-order chi connectivity index (χ1) is 9.81. The molecule has 0 aromatic carbocycles. The lowest BCUT2D eigenvalue weighted by Crippen LogP contribution is -2.41. The molecule has 114 valence electrons. The number of nitrogens with one attached hydrogen (secondary N) is 2. The van der Waals surface area contributed by atoms with Gasteiger partial charge < -0.3 is 14.9 Å². The highest BCUT2D eigenvalue weighted by Gasteiger charge is 2.15. The number of nitrogens with zero attached hydrogens (tertiary/aromatic N) is 2. The lowest BCUT2D eigenvalue weighted by molar-refractivity contribution is -0.133. The molecule has 0 saturated heterocycles. The van der Waals surface area contributed by atoms with Gasteiger partial charge in [-0.2, -0.15) is 4.98 Å². The Morgan fingerprint density at radius 3 is 2.43 bits per heavy atom. The summed E-state index contributed by atoms with van der Waals surface area (Å²) in [5.41, 5.74) is -0.160. The van der Waals surface area contributed by atoms with Crippen molar-refractivity contribution in [1.29, 1.82) is 0 Å². The molecule has 9 heteroatoms. The average Bonchev–Trinajstić information content (AvgIpc) is 2.82. The fourth-order valence-corrected chi connectivity index (χ4v) is 1.30. The molecule has 0 unspecified atom stereocenters. The van der Waals surface area contributed by atoms with E-state index in [0.717, 1.165) is 0 Å². The van der Waals surface area contributed by atoms with Crippen LogP contribution in [0.2, 0.25) is 0 Å². The molecule has 0 spiro atoms.